The molecule has 0 bridgehead atoms. The van der Waals surface area contributed by atoms with Crippen LogP contribution in [-0.4, -0.2) is 11.6 Å². The van der Waals surface area contributed by atoms with E-state index in [1.54, 1.807) is 6.08 Å². The maximum Gasteiger partial charge on any atom is 0.159 e. The van der Waals surface area contributed by atoms with Gasteiger partial charge in [-0.2, -0.15) is 0 Å². The zero-order valence-electron chi connectivity index (χ0n) is 7.66. The van der Waals surface area contributed by atoms with Gasteiger partial charge in [0.2, 0.25) is 0 Å². The van der Waals surface area contributed by atoms with E-state index in [0.717, 1.165) is 25.7 Å². The van der Waals surface area contributed by atoms with Crippen LogP contribution in [0.5, 0.6) is 0 Å². The molecular weight excluding hydrogens is 164 g/mol. The molecule has 0 aliphatic heterocycles. The molecule has 0 aromatic heterocycles. The lowest BCUT2D eigenvalue weighted by Crippen LogP contribution is -2.29. The van der Waals surface area contributed by atoms with E-state index in [-0.39, 0.29) is 17.6 Å². The third-order valence-electron chi connectivity index (χ3n) is 3.13. The van der Waals surface area contributed by atoms with E-state index in [1.165, 1.54) is 0 Å². The summed E-state index contributed by atoms with van der Waals surface area (Å²) in [7, 11) is 0. The van der Waals surface area contributed by atoms with Crippen molar-refractivity contribution >= 4 is 11.6 Å². The van der Waals surface area contributed by atoms with Gasteiger partial charge in [-0.15, -0.1) is 0 Å². The zero-order chi connectivity index (χ0) is 9.26. The van der Waals surface area contributed by atoms with Gasteiger partial charge in [0.1, 0.15) is 5.78 Å². The fraction of sp³-hybridized carbons (Fsp3) is 0.636. The number of allylic oxidation sites excluding steroid dienone is 2. The molecule has 1 fully saturated rings. The number of ketones is 2. The van der Waals surface area contributed by atoms with Crippen LogP contribution in [0.3, 0.4) is 0 Å². The van der Waals surface area contributed by atoms with Crippen molar-refractivity contribution in [2.24, 2.45) is 11.8 Å². The molecule has 0 aromatic rings. The normalized spacial score (nSPS) is 34.2. The largest absolute Gasteiger partial charge is 0.299 e. The predicted octanol–water partition coefficient (Wildman–Crippen LogP) is 1.89. The minimum Gasteiger partial charge on any atom is -0.299 e. The number of carbonyl (C=O) groups excluding carboxylic acids is 2. The summed E-state index contributed by atoms with van der Waals surface area (Å²) in [5, 5.41) is 0. The summed E-state index contributed by atoms with van der Waals surface area (Å²) in [6.45, 7) is 0. The van der Waals surface area contributed by atoms with Crippen LogP contribution in [0.4, 0.5) is 0 Å². The van der Waals surface area contributed by atoms with E-state index >= 15 is 0 Å². The highest BCUT2D eigenvalue weighted by Gasteiger charge is 2.34. The quantitative estimate of drug-likeness (QED) is 0.614. The minimum atomic E-state index is -0.00667. The Morgan fingerprint density at radius 1 is 1.15 bits per heavy atom. The first-order valence-corrected chi connectivity index (χ1v) is 5.02. The Labute approximate surface area is 78.0 Å². The lowest BCUT2D eigenvalue weighted by Gasteiger charge is -2.24. The van der Waals surface area contributed by atoms with E-state index in [9.17, 15) is 9.59 Å². The summed E-state index contributed by atoms with van der Waals surface area (Å²) in [6.07, 6.45) is 8.06. The summed E-state index contributed by atoms with van der Waals surface area (Å²) >= 11 is 0. The molecule has 2 aliphatic carbocycles. The fourth-order valence-corrected chi connectivity index (χ4v) is 2.37. The molecule has 0 spiro atoms. The molecule has 0 N–H and O–H groups in total. The van der Waals surface area contributed by atoms with Gasteiger partial charge >= 0.3 is 0 Å². The van der Waals surface area contributed by atoms with Crippen molar-refractivity contribution in [3.05, 3.63) is 12.2 Å². The smallest absolute Gasteiger partial charge is 0.159 e. The molecule has 2 unspecified atom stereocenters. The maximum absolute atomic E-state index is 11.5. The number of Topliss-reactive ketones (excluding diaryl/α,β-unsaturated/α-hetero) is 1. The molecule has 0 amide bonds. The number of carbonyl (C=O) groups is 2. The molecule has 2 nitrogen and oxygen atoms in total. The summed E-state index contributed by atoms with van der Waals surface area (Å²) in [4.78, 5) is 22.9. The minimum absolute atomic E-state index is 0.00667. The highest BCUT2D eigenvalue weighted by Crippen LogP contribution is 2.32. The van der Waals surface area contributed by atoms with Gasteiger partial charge in [0, 0.05) is 18.3 Å². The molecule has 1 saturated carbocycles. The van der Waals surface area contributed by atoms with E-state index in [4.69, 9.17) is 0 Å². The van der Waals surface area contributed by atoms with Gasteiger partial charge in [-0.05, 0) is 25.3 Å². The molecule has 13 heavy (non-hydrogen) atoms. The van der Waals surface area contributed by atoms with Crippen LogP contribution in [0, 0.1) is 11.8 Å². The number of hydrogen-bond donors (Lipinski definition) is 0. The highest BCUT2D eigenvalue weighted by molar-refractivity contribution is 5.98. The molecule has 0 radical (unpaired) electrons. The molecule has 2 rings (SSSR count). The monoisotopic (exact) mass is 178 g/mol. The second-order valence-electron chi connectivity index (χ2n) is 3.97. The van der Waals surface area contributed by atoms with Crippen molar-refractivity contribution in [1.82, 2.24) is 0 Å². The van der Waals surface area contributed by atoms with Crippen LogP contribution in [0.15, 0.2) is 12.2 Å². The Morgan fingerprint density at radius 2 is 2.00 bits per heavy atom. The summed E-state index contributed by atoms with van der Waals surface area (Å²) in [6, 6.07) is 0. The van der Waals surface area contributed by atoms with Crippen molar-refractivity contribution in [3.63, 3.8) is 0 Å². The molecule has 70 valence electrons. The van der Waals surface area contributed by atoms with Crippen molar-refractivity contribution < 1.29 is 9.59 Å². The van der Waals surface area contributed by atoms with Crippen LogP contribution in [0.2, 0.25) is 0 Å². The van der Waals surface area contributed by atoms with Crippen LogP contribution in [-0.2, 0) is 9.59 Å². The maximum atomic E-state index is 11.5. The molecule has 0 saturated heterocycles. The van der Waals surface area contributed by atoms with E-state index in [2.05, 4.69) is 0 Å². The van der Waals surface area contributed by atoms with E-state index in [1.807, 2.05) is 6.08 Å². The topological polar surface area (TPSA) is 34.1 Å². The van der Waals surface area contributed by atoms with Gasteiger partial charge in [-0.1, -0.05) is 12.5 Å². The lowest BCUT2D eigenvalue weighted by atomic mass is 9.77. The second kappa shape index (κ2) is 3.44. The van der Waals surface area contributed by atoms with E-state index < -0.39 is 0 Å². The van der Waals surface area contributed by atoms with Gasteiger partial charge in [0.15, 0.2) is 5.78 Å². The molecule has 2 heteroatoms. The van der Waals surface area contributed by atoms with Crippen LogP contribution in [0.1, 0.15) is 32.1 Å². The average molecular weight is 178 g/mol. The van der Waals surface area contributed by atoms with Gasteiger partial charge in [0.25, 0.3) is 0 Å². The molecule has 2 aliphatic rings. The predicted molar refractivity (Wildman–Crippen MR) is 49.2 cm³/mol. The Balaban J connectivity index is 2.07. The molecule has 2 atom stereocenters. The van der Waals surface area contributed by atoms with Gasteiger partial charge < -0.3 is 0 Å². The average Bonchev–Trinajstić information content (AvgIpc) is 2.52. The summed E-state index contributed by atoms with van der Waals surface area (Å²) in [5.41, 5.74) is 0. The first-order chi connectivity index (χ1) is 6.29. The Hall–Kier alpha value is -0.920. The third kappa shape index (κ3) is 1.58. The summed E-state index contributed by atoms with van der Waals surface area (Å²) < 4.78 is 0. The number of hydrogen-bond acceptors (Lipinski definition) is 2. The van der Waals surface area contributed by atoms with Crippen LogP contribution >= 0.6 is 0 Å². The standard InChI is InChI=1S/C11H14O2/c12-10-6-2-1-4-8(10)9-5-3-7-11(9)13/h3,7-9H,1-2,4-6H2. The molecular formula is C11H14O2. The first-order valence-electron chi connectivity index (χ1n) is 5.02. The van der Waals surface area contributed by atoms with Crippen LogP contribution in [0.25, 0.3) is 0 Å². The Morgan fingerprint density at radius 3 is 2.62 bits per heavy atom. The van der Waals surface area contributed by atoms with Crippen molar-refractivity contribution in [2.45, 2.75) is 32.1 Å². The highest BCUT2D eigenvalue weighted by atomic mass is 16.1. The molecule has 0 heterocycles. The fourth-order valence-electron chi connectivity index (χ4n) is 2.37. The summed E-state index contributed by atoms with van der Waals surface area (Å²) in [5.74, 6) is 0.512. The third-order valence-corrected chi connectivity index (χ3v) is 3.13. The van der Waals surface area contributed by atoms with Gasteiger partial charge in [-0.3, -0.25) is 9.59 Å². The van der Waals surface area contributed by atoms with Gasteiger partial charge in [-0.25, -0.2) is 0 Å². The first kappa shape index (κ1) is 8.67. The Bertz CT molecular complexity index is 265. The van der Waals surface area contributed by atoms with Crippen LogP contribution < -0.4 is 0 Å². The van der Waals surface area contributed by atoms with Crippen molar-refractivity contribution in [3.8, 4) is 0 Å². The van der Waals surface area contributed by atoms with E-state index in [0.29, 0.717) is 12.2 Å². The lowest BCUT2D eigenvalue weighted by molar-refractivity contribution is -0.131. The number of rotatable bonds is 1. The molecule has 0 aromatic carbocycles. The SMILES string of the molecule is O=C1C=CCC1C1CCCCC1=O. The second-order valence-corrected chi connectivity index (χ2v) is 3.97. The van der Waals surface area contributed by atoms with Crippen molar-refractivity contribution in [2.75, 3.05) is 0 Å². The van der Waals surface area contributed by atoms with Gasteiger partial charge in [0.05, 0.1) is 0 Å². The van der Waals surface area contributed by atoms with Crippen molar-refractivity contribution in [1.29, 1.82) is 0 Å². The Kier molecular flexibility index (Phi) is 2.30. The zero-order valence-corrected chi connectivity index (χ0v) is 7.66.